The highest BCUT2D eigenvalue weighted by atomic mass is 16.5. The van der Waals surface area contributed by atoms with Gasteiger partial charge in [-0.25, -0.2) is 4.79 Å². The van der Waals surface area contributed by atoms with Gasteiger partial charge in [0.1, 0.15) is 0 Å². The van der Waals surface area contributed by atoms with Crippen LogP contribution in [0.2, 0.25) is 0 Å². The second kappa shape index (κ2) is 9.56. The van der Waals surface area contributed by atoms with Crippen molar-refractivity contribution in [2.75, 3.05) is 26.6 Å². The Morgan fingerprint density at radius 1 is 1.00 bits per heavy atom. The van der Waals surface area contributed by atoms with Crippen LogP contribution < -0.4 is 24.8 Å². The van der Waals surface area contributed by atoms with E-state index in [2.05, 4.69) is 17.6 Å². The Kier molecular flexibility index (Phi) is 7.14. The molecule has 6 heteroatoms. The van der Waals surface area contributed by atoms with Crippen molar-refractivity contribution in [3.05, 3.63) is 48.0 Å². The van der Waals surface area contributed by atoms with E-state index in [9.17, 15) is 4.79 Å². The van der Waals surface area contributed by atoms with Crippen molar-refractivity contribution in [1.29, 1.82) is 0 Å². The first kappa shape index (κ1) is 19.4. The Morgan fingerprint density at radius 3 is 2.12 bits per heavy atom. The molecule has 1 unspecified atom stereocenters. The SMILES string of the molecule is CCCC(NC(=O)Nc1cc(OC)c(OC)c(OC)c1)c1ccccc1. The third-order valence-electron chi connectivity index (χ3n) is 4.01. The molecule has 0 saturated carbocycles. The largest absolute Gasteiger partial charge is 0.493 e. The van der Waals surface area contributed by atoms with E-state index >= 15 is 0 Å². The lowest BCUT2D eigenvalue weighted by Crippen LogP contribution is -2.32. The molecule has 0 aliphatic carbocycles. The molecule has 0 heterocycles. The molecule has 0 radical (unpaired) electrons. The van der Waals surface area contributed by atoms with E-state index < -0.39 is 0 Å². The Bertz CT molecular complexity index is 694. The first-order valence-corrected chi connectivity index (χ1v) is 8.55. The second-order valence-electron chi connectivity index (χ2n) is 5.76. The molecule has 0 fully saturated rings. The third kappa shape index (κ3) is 4.81. The molecule has 0 bridgehead atoms. The topological polar surface area (TPSA) is 68.8 Å². The summed E-state index contributed by atoms with van der Waals surface area (Å²) in [6.45, 7) is 2.09. The Balaban J connectivity index is 2.15. The van der Waals surface area contributed by atoms with Gasteiger partial charge in [-0.1, -0.05) is 43.7 Å². The van der Waals surface area contributed by atoms with Crippen LogP contribution in [0, 0.1) is 0 Å². The Hall–Kier alpha value is -2.89. The number of carbonyl (C=O) groups excluding carboxylic acids is 1. The van der Waals surface area contributed by atoms with Crippen LogP contribution in [0.5, 0.6) is 17.2 Å². The number of ether oxygens (including phenoxy) is 3. The molecule has 1 atom stereocenters. The molecule has 140 valence electrons. The van der Waals surface area contributed by atoms with E-state index in [0.717, 1.165) is 18.4 Å². The number of carbonyl (C=O) groups is 1. The van der Waals surface area contributed by atoms with Gasteiger partial charge in [-0.3, -0.25) is 0 Å². The average Bonchev–Trinajstić information content (AvgIpc) is 2.67. The predicted octanol–water partition coefficient (Wildman–Crippen LogP) is 4.38. The first-order chi connectivity index (χ1) is 12.6. The van der Waals surface area contributed by atoms with Crippen molar-refractivity contribution in [2.45, 2.75) is 25.8 Å². The maximum Gasteiger partial charge on any atom is 0.319 e. The normalized spacial score (nSPS) is 11.4. The quantitative estimate of drug-likeness (QED) is 0.735. The fraction of sp³-hybridized carbons (Fsp3) is 0.350. The van der Waals surface area contributed by atoms with Gasteiger partial charge in [0, 0.05) is 12.1 Å². The van der Waals surface area contributed by atoms with Gasteiger partial charge in [-0.2, -0.15) is 0 Å². The van der Waals surface area contributed by atoms with Gasteiger partial charge < -0.3 is 24.8 Å². The summed E-state index contributed by atoms with van der Waals surface area (Å²) in [6.07, 6.45) is 1.82. The van der Waals surface area contributed by atoms with Crippen LogP contribution in [-0.2, 0) is 0 Å². The monoisotopic (exact) mass is 358 g/mol. The number of methoxy groups -OCH3 is 3. The summed E-state index contributed by atoms with van der Waals surface area (Å²) in [7, 11) is 4.61. The number of rotatable bonds is 8. The highest BCUT2D eigenvalue weighted by Gasteiger charge is 2.17. The molecule has 0 saturated heterocycles. The average molecular weight is 358 g/mol. The van der Waals surface area contributed by atoms with Gasteiger partial charge in [0.25, 0.3) is 0 Å². The molecule has 0 spiro atoms. The standard InChI is InChI=1S/C20H26N2O4/c1-5-9-16(14-10-7-6-8-11-14)22-20(23)21-15-12-17(24-2)19(26-4)18(13-15)25-3/h6-8,10-13,16H,5,9H2,1-4H3,(H2,21,22,23). The lowest BCUT2D eigenvalue weighted by atomic mass is 10.0. The predicted molar refractivity (Wildman–Crippen MR) is 102 cm³/mol. The first-order valence-electron chi connectivity index (χ1n) is 8.55. The molecular formula is C20H26N2O4. The summed E-state index contributed by atoms with van der Waals surface area (Å²) in [6, 6.07) is 13.0. The van der Waals surface area contributed by atoms with E-state index in [0.29, 0.717) is 22.9 Å². The van der Waals surface area contributed by atoms with Crippen molar-refractivity contribution >= 4 is 11.7 Å². The minimum atomic E-state index is -0.290. The van der Waals surface area contributed by atoms with Crippen molar-refractivity contribution < 1.29 is 19.0 Å². The number of anilines is 1. The molecular weight excluding hydrogens is 332 g/mol. The number of urea groups is 1. The third-order valence-corrected chi connectivity index (χ3v) is 4.01. The molecule has 6 nitrogen and oxygen atoms in total. The van der Waals surface area contributed by atoms with Crippen molar-refractivity contribution in [1.82, 2.24) is 5.32 Å². The summed E-state index contributed by atoms with van der Waals surface area (Å²) in [5.74, 6) is 1.44. The van der Waals surface area contributed by atoms with Gasteiger partial charge in [-0.15, -0.1) is 0 Å². The highest BCUT2D eigenvalue weighted by Crippen LogP contribution is 2.39. The zero-order valence-corrected chi connectivity index (χ0v) is 15.7. The lowest BCUT2D eigenvalue weighted by Gasteiger charge is -2.20. The van der Waals surface area contributed by atoms with Gasteiger partial charge in [-0.05, 0) is 12.0 Å². The number of benzene rings is 2. The van der Waals surface area contributed by atoms with Crippen molar-refractivity contribution in [3.8, 4) is 17.2 Å². The van der Waals surface area contributed by atoms with Crippen LogP contribution in [0.3, 0.4) is 0 Å². The Morgan fingerprint density at radius 2 is 1.62 bits per heavy atom. The fourth-order valence-electron chi connectivity index (χ4n) is 2.77. The van der Waals surface area contributed by atoms with Gasteiger partial charge in [0.05, 0.1) is 33.1 Å². The molecule has 2 aromatic rings. The van der Waals surface area contributed by atoms with Crippen LogP contribution in [0.4, 0.5) is 10.5 Å². The van der Waals surface area contributed by atoms with Crippen LogP contribution in [0.25, 0.3) is 0 Å². The molecule has 0 aliphatic rings. The maximum absolute atomic E-state index is 12.5. The van der Waals surface area contributed by atoms with E-state index in [4.69, 9.17) is 14.2 Å². The van der Waals surface area contributed by atoms with Crippen molar-refractivity contribution in [3.63, 3.8) is 0 Å². The van der Waals surface area contributed by atoms with Crippen molar-refractivity contribution in [2.24, 2.45) is 0 Å². The number of hydrogen-bond donors (Lipinski definition) is 2. The Labute approximate surface area is 154 Å². The highest BCUT2D eigenvalue weighted by molar-refractivity contribution is 5.90. The minimum absolute atomic E-state index is 0.0526. The lowest BCUT2D eigenvalue weighted by molar-refractivity contribution is 0.247. The van der Waals surface area contributed by atoms with Crippen LogP contribution in [0.15, 0.2) is 42.5 Å². The van der Waals surface area contributed by atoms with E-state index in [1.807, 2.05) is 30.3 Å². The van der Waals surface area contributed by atoms with Crippen LogP contribution >= 0.6 is 0 Å². The summed E-state index contributed by atoms with van der Waals surface area (Å²) in [5.41, 5.74) is 1.63. The van der Waals surface area contributed by atoms with Gasteiger partial charge >= 0.3 is 6.03 Å². The molecule has 26 heavy (non-hydrogen) atoms. The minimum Gasteiger partial charge on any atom is -0.493 e. The van der Waals surface area contributed by atoms with E-state index in [-0.39, 0.29) is 12.1 Å². The molecule has 0 aromatic heterocycles. The zero-order valence-electron chi connectivity index (χ0n) is 15.7. The molecule has 2 N–H and O–H groups in total. The second-order valence-corrected chi connectivity index (χ2v) is 5.76. The van der Waals surface area contributed by atoms with Crippen LogP contribution in [0.1, 0.15) is 31.4 Å². The number of amides is 2. The van der Waals surface area contributed by atoms with E-state index in [1.54, 1.807) is 12.1 Å². The fourth-order valence-corrected chi connectivity index (χ4v) is 2.77. The van der Waals surface area contributed by atoms with E-state index in [1.165, 1.54) is 21.3 Å². The number of hydrogen-bond acceptors (Lipinski definition) is 4. The molecule has 0 aliphatic heterocycles. The summed E-state index contributed by atoms with van der Waals surface area (Å²) in [4.78, 5) is 12.5. The van der Waals surface area contributed by atoms with Gasteiger partial charge in [0.2, 0.25) is 5.75 Å². The molecule has 2 amide bonds. The van der Waals surface area contributed by atoms with Crippen LogP contribution in [-0.4, -0.2) is 27.4 Å². The zero-order chi connectivity index (χ0) is 18.9. The molecule has 2 rings (SSSR count). The summed E-state index contributed by atoms with van der Waals surface area (Å²) < 4.78 is 15.9. The summed E-state index contributed by atoms with van der Waals surface area (Å²) >= 11 is 0. The molecule has 2 aromatic carbocycles. The maximum atomic E-state index is 12.5. The van der Waals surface area contributed by atoms with Gasteiger partial charge in [0.15, 0.2) is 11.5 Å². The smallest absolute Gasteiger partial charge is 0.319 e. The summed E-state index contributed by atoms with van der Waals surface area (Å²) in [5, 5.41) is 5.86. The number of nitrogens with one attached hydrogen (secondary N) is 2.